The number of methoxy groups -OCH3 is 2. The van der Waals surface area contributed by atoms with Gasteiger partial charge in [0.25, 0.3) is 0 Å². The van der Waals surface area contributed by atoms with Crippen molar-refractivity contribution in [2.45, 2.75) is 0 Å². The van der Waals surface area contributed by atoms with Crippen LogP contribution in [0, 0.1) is 0 Å². The van der Waals surface area contributed by atoms with E-state index in [9.17, 15) is 0 Å². The van der Waals surface area contributed by atoms with Crippen LogP contribution >= 0.6 is 15.9 Å². The Morgan fingerprint density at radius 1 is 1.31 bits per heavy atom. The van der Waals surface area contributed by atoms with Gasteiger partial charge in [0.05, 0.1) is 14.2 Å². The zero-order chi connectivity index (χ0) is 9.84. The predicted octanol–water partition coefficient (Wildman–Crippen LogP) is 1.75. The summed E-state index contributed by atoms with van der Waals surface area (Å²) in [5.41, 5.74) is 3.24. The van der Waals surface area contributed by atoms with Gasteiger partial charge in [0, 0.05) is 10.5 Å². The summed E-state index contributed by atoms with van der Waals surface area (Å²) in [4.78, 5) is 0. The van der Waals surface area contributed by atoms with Crippen LogP contribution in [0.15, 0.2) is 16.6 Å². The Balaban J connectivity index is 3.20. The summed E-state index contributed by atoms with van der Waals surface area (Å²) in [6, 6.07) is 3.55. The van der Waals surface area contributed by atoms with E-state index in [1.165, 1.54) is 0 Å². The Hall–Kier alpha value is -0.940. The smallest absolute Gasteiger partial charge is 0.148 e. The minimum Gasteiger partial charge on any atom is -0.497 e. The molecule has 0 aliphatic heterocycles. The minimum atomic E-state index is 0.633. The summed E-state index contributed by atoms with van der Waals surface area (Å²) in [5.74, 6) is 6.66. The van der Waals surface area contributed by atoms with Crippen molar-refractivity contribution in [1.82, 2.24) is 0 Å². The highest BCUT2D eigenvalue weighted by Crippen LogP contribution is 2.36. The molecule has 3 N–H and O–H groups in total. The first-order valence-corrected chi connectivity index (χ1v) is 4.40. The van der Waals surface area contributed by atoms with Crippen LogP contribution in [0.2, 0.25) is 0 Å². The topological polar surface area (TPSA) is 56.5 Å². The van der Waals surface area contributed by atoms with Gasteiger partial charge < -0.3 is 14.9 Å². The number of benzene rings is 1. The highest BCUT2D eigenvalue weighted by atomic mass is 79.9. The number of nitrogen functional groups attached to an aromatic ring is 1. The summed E-state index contributed by atoms with van der Waals surface area (Å²) in [6.45, 7) is 0. The zero-order valence-corrected chi connectivity index (χ0v) is 9.01. The molecule has 0 saturated heterocycles. The average molecular weight is 247 g/mol. The highest BCUT2D eigenvalue weighted by molar-refractivity contribution is 9.10. The van der Waals surface area contributed by atoms with Crippen LogP contribution in [0.5, 0.6) is 11.5 Å². The fourth-order valence-electron chi connectivity index (χ4n) is 0.977. The van der Waals surface area contributed by atoms with Crippen LogP contribution in [0.1, 0.15) is 0 Å². The molecule has 13 heavy (non-hydrogen) atoms. The van der Waals surface area contributed by atoms with Crippen molar-refractivity contribution >= 4 is 21.6 Å². The number of hydrogen-bond donors (Lipinski definition) is 2. The zero-order valence-electron chi connectivity index (χ0n) is 7.43. The molecular formula is C8H11BrN2O2. The quantitative estimate of drug-likeness (QED) is 0.631. The molecule has 0 aliphatic rings. The third-order valence-corrected chi connectivity index (χ3v) is 2.25. The van der Waals surface area contributed by atoms with E-state index in [1.54, 1.807) is 26.4 Å². The van der Waals surface area contributed by atoms with Crippen molar-refractivity contribution in [3.05, 3.63) is 16.6 Å². The van der Waals surface area contributed by atoms with Gasteiger partial charge in [0.15, 0.2) is 0 Å². The van der Waals surface area contributed by atoms with Crippen LogP contribution < -0.4 is 20.7 Å². The van der Waals surface area contributed by atoms with Crippen LogP contribution in [0.3, 0.4) is 0 Å². The van der Waals surface area contributed by atoms with Crippen LogP contribution in [0.25, 0.3) is 0 Å². The molecule has 0 bridgehead atoms. The average Bonchev–Trinajstić information content (AvgIpc) is 2.16. The van der Waals surface area contributed by atoms with E-state index in [4.69, 9.17) is 15.3 Å². The molecule has 1 aromatic carbocycles. The van der Waals surface area contributed by atoms with Crippen molar-refractivity contribution < 1.29 is 9.47 Å². The van der Waals surface area contributed by atoms with Gasteiger partial charge >= 0.3 is 0 Å². The second kappa shape index (κ2) is 4.34. The van der Waals surface area contributed by atoms with E-state index < -0.39 is 0 Å². The predicted molar refractivity (Wildman–Crippen MR) is 55.1 cm³/mol. The number of rotatable bonds is 3. The lowest BCUT2D eigenvalue weighted by molar-refractivity contribution is 0.395. The van der Waals surface area contributed by atoms with Crippen LogP contribution in [-0.4, -0.2) is 14.2 Å². The van der Waals surface area contributed by atoms with E-state index in [1.807, 2.05) is 0 Å². The molecule has 0 fully saturated rings. The lowest BCUT2D eigenvalue weighted by Crippen LogP contribution is -2.08. The first kappa shape index (κ1) is 10.1. The molecule has 0 heterocycles. The Morgan fingerprint density at radius 2 is 2.00 bits per heavy atom. The molecule has 0 saturated carbocycles. The Kier molecular flexibility index (Phi) is 3.39. The van der Waals surface area contributed by atoms with E-state index in [0.29, 0.717) is 17.2 Å². The van der Waals surface area contributed by atoms with Crippen LogP contribution in [-0.2, 0) is 0 Å². The number of ether oxygens (including phenoxy) is 2. The molecule has 0 aliphatic carbocycles. The SMILES string of the molecule is COc1cc(Br)c(NN)c(OC)c1. The van der Waals surface area contributed by atoms with Gasteiger partial charge in [-0.15, -0.1) is 0 Å². The summed E-state index contributed by atoms with van der Waals surface area (Å²) in [7, 11) is 3.17. The number of halogens is 1. The first-order valence-electron chi connectivity index (χ1n) is 3.61. The maximum atomic E-state index is 5.32. The lowest BCUT2D eigenvalue weighted by Gasteiger charge is -2.11. The maximum absolute atomic E-state index is 5.32. The number of nitrogens with one attached hydrogen (secondary N) is 1. The van der Waals surface area contributed by atoms with Crippen molar-refractivity contribution in [1.29, 1.82) is 0 Å². The third kappa shape index (κ3) is 2.05. The second-order valence-corrected chi connectivity index (χ2v) is 3.19. The minimum absolute atomic E-state index is 0.633. The van der Waals surface area contributed by atoms with Gasteiger partial charge in [0.1, 0.15) is 17.2 Å². The van der Waals surface area contributed by atoms with E-state index in [2.05, 4.69) is 21.4 Å². The van der Waals surface area contributed by atoms with E-state index >= 15 is 0 Å². The molecular weight excluding hydrogens is 236 g/mol. The van der Waals surface area contributed by atoms with Gasteiger partial charge in [-0.25, -0.2) is 0 Å². The molecule has 0 amide bonds. The lowest BCUT2D eigenvalue weighted by atomic mass is 10.3. The third-order valence-electron chi connectivity index (χ3n) is 1.63. The number of hydrogen-bond acceptors (Lipinski definition) is 4. The fraction of sp³-hybridized carbons (Fsp3) is 0.250. The Labute approximate surface area is 85.1 Å². The molecule has 72 valence electrons. The largest absolute Gasteiger partial charge is 0.497 e. The molecule has 5 heteroatoms. The van der Waals surface area contributed by atoms with Gasteiger partial charge in [-0.1, -0.05) is 0 Å². The van der Waals surface area contributed by atoms with Gasteiger partial charge in [-0.2, -0.15) is 0 Å². The van der Waals surface area contributed by atoms with Crippen molar-refractivity contribution in [3.63, 3.8) is 0 Å². The molecule has 0 spiro atoms. The molecule has 1 aromatic rings. The molecule has 0 radical (unpaired) electrons. The fourth-order valence-corrected chi connectivity index (χ4v) is 1.51. The summed E-state index contributed by atoms with van der Waals surface area (Å²) >= 11 is 3.34. The standard InChI is InChI=1S/C8H11BrN2O2/c1-12-5-3-6(9)8(11-10)7(4-5)13-2/h3-4,11H,10H2,1-2H3. The number of anilines is 1. The number of nitrogens with two attached hydrogens (primary N) is 1. The van der Waals surface area contributed by atoms with Crippen molar-refractivity contribution in [3.8, 4) is 11.5 Å². The molecule has 0 unspecified atom stereocenters. The van der Waals surface area contributed by atoms with Crippen molar-refractivity contribution in [2.75, 3.05) is 19.6 Å². The molecule has 4 nitrogen and oxygen atoms in total. The molecule has 0 atom stereocenters. The highest BCUT2D eigenvalue weighted by Gasteiger charge is 2.08. The second-order valence-electron chi connectivity index (χ2n) is 2.33. The van der Waals surface area contributed by atoms with Gasteiger partial charge in [-0.05, 0) is 22.0 Å². The summed E-state index contributed by atoms with van der Waals surface area (Å²) < 4.78 is 11.0. The Morgan fingerprint density at radius 3 is 2.46 bits per heavy atom. The van der Waals surface area contributed by atoms with E-state index in [0.717, 1.165) is 4.47 Å². The van der Waals surface area contributed by atoms with Gasteiger partial charge in [-0.3, -0.25) is 5.84 Å². The van der Waals surface area contributed by atoms with Crippen LogP contribution in [0.4, 0.5) is 5.69 Å². The maximum Gasteiger partial charge on any atom is 0.148 e. The molecule has 0 aromatic heterocycles. The van der Waals surface area contributed by atoms with Crippen molar-refractivity contribution in [2.24, 2.45) is 5.84 Å². The number of hydrazine groups is 1. The van der Waals surface area contributed by atoms with Gasteiger partial charge in [0.2, 0.25) is 0 Å². The van der Waals surface area contributed by atoms with E-state index in [-0.39, 0.29) is 0 Å². The summed E-state index contributed by atoms with van der Waals surface area (Å²) in [5, 5.41) is 0. The molecule has 1 rings (SSSR count). The summed E-state index contributed by atoms with van der Waals surface area (Å²) in [6.07, 6.45) is 0. The first-order chi connectivity index (χ1) is 6.22. The normalized spacial score (nSPS) is 9.54. The Bertz CT molecular complexity index is 304. The monoisotopic (exact) mass is 246 g/mol.